The van der Waals surface area contributed by atoms with Crippen LogP contribution in [0.5, 0.6) is 0 Å². The molecule has 0 spiro atoms. The normalized spacial score (nSPS) is 11.3. The minimum absolute atomic E-state index is 0.357. The minimum Gasteiger partial charge on any atom is -0.378 e. The van der Waals surface area contributed by atoms with Crippen LogP contribution in [0.2, 0.25) is 5.02 Å². The molecule has 0 saturated heterocycles. The zero-order chi connectivity index (χ0) is 22.9. The number of ether oxygens (including phenoxy) is 1. The van der Waals surface area contributed by atoms with E-state index in [0.717, 1.165) is 28.3 Å². The lowest BCUT2D eigenvalue weighted by Crippen LogP contribution is -2.00. The molecule has 0 saturated carbocycles. The molecule has 1 N–H and O–H groups in total. The molecule has 2 aromatic carbocycles. The monoisotopic (exact) mass is 461 g/mol. The Balaban J connectivity index is 1.56. The average Bonchev–Trinajstić information content (AvgIpc) is 3.39. The van der Waals surface area contributed by atoms with Crippen LogP contribution in [-0.2, 0) is 11.3 Å². The number of methoxy groups -OCH3 is 1. The second-order valence-electron chi connectivity index (χ2n) is 7.65. The first-order chi connectivity index (χ1) is 16.0. The standard InChI is InChI=1S/C25H21ClFN5O/c1-16-13-31(15-28-16)22-10-9-17(12-20(22)27)29-21-8-5-11-32-23(14-33-2)24(30-25(21)32)18-6-3-4-7-19(18)26/h3-13,15,29H,14H2,1-2H3. The number of anilines is 2. The third-order valence-electron chi connectivity index (χ3n) is 5.38. The number of aryl methyl sites for hydroxylation is 1. The first-order valence-electron chi connectivity index (χ1n) is 10.4. The van der Waals surface area contributed by atoms with Gasteiger partial charge >= 0.3 is 0 Å². The predicted molar refractivity (Wildman–Crippen MR) is 128 cm³/mol. The van der Waals surface area contributed by atoms with Crippen molar-refractivity contribution < 1.29 is 9.13 Å². The van der Waals surface area contributed by atoms with Crippen molar-refractivity contribution in [3.8, 4) is 16.9 Å². The molecule has 0 aliphatic rings. The number of fused-ring (bicyclic) bond motifs is 1. The van der Waals surface area contributed by atoms with Gasteiger partial charge in [-0.1, -0.05) is 29.8 Å². The summed E-state index contributed by atoms with van der Waals surface area (Å²) in [5, 5.41) is 3.91. The maximum Gasteiger partial charge on any atom is 0.161 e. The Morgan fingerprint density at radius 3 is 2.70 bits per heavy atom. The molecule has 3 heterocycles. The van der Waals surface area contributed by atoms with Gasteiger partial charge in [-0.05, 0) is 43.3 Å². The van der Waals surface area contributed by atoms with Crippen LogP contribution in [0.4, 0.5) is 15.8 Å². The molecule has 0 radical (unpaired) electrons. The molecule has 33 heavy (non-hydrogen) atoms. The number of pyridine rings is 1. The molecular weight excluding hydrogens is 441 g/mol. The van der Waals surface area contributed by atoms with E-state index < -0.39 is 0 Å². The van der Waals surface area contributed by atoms with Gasteiger partial charge in [-0.2, -0.15) is 0 Å². The second kappa shape index (κ2) is 8.69. The molecule has 166 valence electrons. The van der Waals surface area contributed by atoms with Crippen molar-refractivity contribution >= 4 is 28.6 Å². The van der Waals surface area contributed by atoms with Crippen LogP contribution in [0, 0.1) is 12.7 Å². The van der Waals surface area contributed by atoms with Crippen molar-refractivity contribution in [3.05, 3.63) is 95.5 Å². The van der Waals surface area contributed by atoms with Gasteiger partial charge in [-0.3, -0.25) is 4.40 Å². The van der Waals surface area contributed by atoms with Crippen LogP contribution >= 0.6 is 11.6 Å². The van der Waals surface area contributed by atoms with Crippen LogP contribution in [0.15, 0.2) is 73.3 Å². The maximum absolute atomic E-state index is 14.9. The number of rotatable bonds is 6. The Labute approximate surface area is 195 Å². The molecule has 0 aliphatic heterocycles. The molecule has 6 nitrogen and oxygen atoms in total. The van der Waals surface area contributed by atoms with Crippen molar-refractivity contribution in [2.24, 2.45) is 0 Å². The predicted octanol–water partition coefficient (Wildman–Crippen LogP) is 6.18. The van der Waals surface area contributed by atoms with Crippen LogP contribution < -0.4 is 5.32 Å². The summed E-state index contributed by atoms with van der Waals surface area (Å²) in [7, 11) is 1.64. The lowest BCUT2D eigenvalue weighted by Gasteiger charge is -2.11. The number of nitrogens with one attached hydrogen (secondary N) is 1. The van der Waals surface area contributed by atoms with E-state index in [0.29, 0.717) is 28.7 Å². The fraction of sp³-hybridized carbons (Fsp3) is 0.120. The van der Waals surface area contributed by atoms with E-state index in [4.69, 9.17) is 21.3 Å². The van der Waals surface area contributed by atoms with Gasteiger partial charge in [0.1, 0.15) is 5.82 Å². The summed E-state index contributed by atoms with van der Waals surface area (Å²) in [5.41, 5.74) is 5.74. The molecule has 0 fully saturated rings. The van der Waals surface area contributed by atoms with Crippen molar-refractivity contribution in [1.29, 1.82) is 0 Å². The minimum atomic E-state index is -0.357. The highest BCUT2D eigenvalue weighted by molar-refractivity contribution is 6.33. The Kier molecular flexibility index (Phi) is 5.58. The smallest absolute Gasteiger partial charge is 0.161 e. The maximum atomic E-state index is 14.9. The lowest BCUT2D eigenvalue weighted by molar-refractivity contribution is 0.181. The number of nitrogens with zero attached hydrogens (tertiary/aromatic N) is 4. The van der Waals surface area contributed by atoms with Gasteiger partial charge in [0.15, 0.2) is 5.65 Å². The van der Waals surface area contributed by atoms with Gasteiger partial charge in [0.05, 0.1) is 46.4 Å². The van der Waals surface area contributed by atoms with Gasteiger partial charge in [-0.25, -0.2) is 14.4 Å². The SMILES string of the molecule is COCc1c(-c2ccccc2Cl)nc2c(Nc3ccc(-n4cnc(C)c4)c(F)c3)cccn12. The fourth-order valence-electron chi connectivity index (χ4n) is 3.86. The Morgan fingerprint density at radius 2 is 1.97 bits per heavy atom. The summed E-state index contributed by atoms with van der Waals surface area (Å²) < 4.78 is 23.9. The van der Waals surface area contributed by atoms with Crippen molar-refractivity contribution in [2.45, 2.75) is 13.5 Å². The molecule has 0 aliphatic carbocycles. The Hall–Kier alpha value is -3.68. The zero-order valence-corrected chi connectivity index (χ0v) is 18.8. The molecule has 0 unspecified atom stereocenters. The molecule has 0 atom stereocenters. The number of halogens is 2. The van der Waals surface area contributed by atoms with Crippen LogP contribution in [0.25, 0.3) is 22.6 Å². The van der Waals surface area contributed by atoms with Crippen molar-refractivity contribution in [1.82, 2.24) is 18.9 Å². The molecular formula is C25H21ClFN5O. The van der Waals surface area contributed by atoms with Gasteiger partial charge in [0.2, 0.25) is 0 Å². The zero-order valence-electron chi connectivity index (χ0n) is 18.1. The Bertz CT molecular complexity index is 1460. The summed E-state index contributed by atoms with van der Waals surface area (Å²) >= 11 is 6.46. The van der Waals surface area contributed by atoms with Crippen LogP contribution in [-0.4, -0.2) is 26.0 Å². The Morgan fingerprint density at radius 1 is 1.12 bits per heavy atom. The van der Waals surface area contributed by atoms with E-state index in [1.165, 1.54) is 6.07 Å². The van der Waals surface area contributed by atoms with Crippen molar-refractivity contribution in [3.63, 3.8) is 0 Å². The van der Waals surface area contributed by atoms with Crippen molar-refractivity contribution in [2.75, 3.05) is 12.4 Å². The lowest BCUT2D eigenvalue weighted by atomic mass is 10.1. The number of benzene rings is 2. The highest BCUT2D eigenvalue weighted by Gasteiger charge is 2.18. The van der Waals surface area contributed by atoms with Gasteiger partial charge in [0.25, 0.3) is 0 Å². The summed E-state index contributed by atoms with van der Waals surface area (Å²) in [6.45, 7) is 2.23. The molecule has 3 aromatic heterocycles. The van der Waals surface area contributed by atoms with E-state index in [9.17, 15) is 4.39 Å². The van der Waals surface area contributed by atoms with E-state index in [2.05, 4.69) is 10.3 Å². The number of aromatic nitrogens is 4. The first-order valence-corrected chi connectivity index (χ1v) is 10.7. The third kappa shape index (κ3) is 3.97. The summed E-state index contributed by atoms with van der Waals surface area (Å²) in [6, 6.07) is 16.4. The average molecular weight is 462 g/mol. The largest absolute Gasteiger partial charge is 0.378 e. The third-order valence-corrected chi connectivity index (χ3v) is 5.71. The molecule has 0 bridgehead atoms. The number of hydrogen-bond acceptors (Lipinski definition) is 4. The number of imidazole rings is 2. The van der Waals surface area contributed by atoms with Crippen LogP contribution in [0.1, 0.15) is 11.4 Å². The van der Waals surface area contributed by atoms with E-state index in [1.807, 2.05) is 60.0 Å². The first kappa shape index (κ1) is 21.2. The molecule has 8 heteroatoms. The highest BCUT2D eigenvalue weighted by atomic mass is 35.5. The molecule has 5 aromatic rings. The topological polar surface area (TPSA) is 56.4 Å². The van der Waals surface area contributed by atoms with Gasteiger partial charge < -0.3 is 14.6 Å². The summed E-state index contributed by atoms with van der Waals surface area (Å²) in [4.78, 5) is 9.04. The van der Waals surface area contributed by atoms with Gasteiger partial charge in [-0.15, -0.1) is 0 Å². The molecule has 0 amide bonds. The number of hydrogen-bond donors (Lipinski definition) is 1. The van der Waals surface area contributed by atoms with E-state index in [-0.39, 0.29) is 5.82 Å². The second-order valence-corrected chi connectivity index (χ2v) is 8.06. The van der Waals surface area contributed by atoms with Crippen LogP contribution in [0.3, 0.4) is 0 Å². The van der Waals surface area contributed by atoms with Gasteiger partial charge in [0, 0.05) is 30.8 Å². The summed E-state index contributed by atoms with van der Waals surface area (Å²) in [5.74, 6) is -0.357. The van der Waals surface area contributed by atoms with E-state index >= 15 is 0 Å². The molecule has 5 rings (SSSR count). The van der Waals surface area contributed by atoms with E-state index in [1.54, 1.807) is 30.3 Å². The fourth-order valence-corrected chi connectivity index (χ4v) is 4.09. The summed E-state index contributed by atoms with van der Waals surface area (Å²) in [6.07, 6.45) is 5.30. The quantitative estimate of drug-likeness (QED) is 0.328. The highest BCUT2D eigenvalue weighted by Crippen LogP contribution is 2.33.